The molecule has 25 heavy (non-hydrogen) atoms. The highest BCUT2D eigenvalue weighted by atomic mass is 16.5. The van der Waals surface area contributed by atoms with E-state index >= 15 is 0 Å². The van der Waals surface area contributed by atoms with Gasteiger partial charge in [0.25, 0.3) is 5.91 Å². The number of amides is 2. The minimum Gasteiger partial charge on any atom is -0.497 e. The first-order valence-corrected chi connectivity index (χ1v) is 9.38. The first-order valence-electron chi connectivity index (χ1n) is 9.38. The zero-order chi connectivity index (χ0) is 17.6. The Morgan fingerprint density at radius 1 is 0.960 bits per heavy atom. The summed E-state index contributed by atoms with van der Waals surface area (Å²) in [5.41, 5.74) is 0.669. The van der Waals surface area contributed by atoms with Gasteiger partial charge in [0.2, 0.25) is 5.91 Å². The summed E-state index contributed by atoms with van der Waals surface area (Å²) in [7, 11) is 1.61. The van der Waals surface area contributed by atoms with Crippen LogP contribution in [0.5, 0.6) is 5.75 Å². The van der Waals surface area contributed by atoms with Gasteiger partial charge in [-0.25, -0.2) is 0 Å². The summed E-state index contributed by atoms with van der Waals surface area (Å²) in [4.78, 5) is 28.8. The van der Waals surface area contributed by atoms with Gasteiger partial charge in [0, 0.05) is 38.2 Å². The van der Waals surface area contributed by atoms with Gasteiger partial charge >= 0.3 is 0 Å². The molecular formula is C20H28N2O3. The van der Waals surface area contributed by atoms with Crippen molar-refractivity contribution in [1.82, 2.24) is 9.80 Å². The Balaban J connectivity index is 1.48. The molecule has 2 fully saturated rings. The van der Waals surface area contributed by atoms with Crippen molar-refractivity contribution in [1.29, 1.82) is 0 Å². The lowest BCUT2D eigenvalue weighted by Gasteiger charge is -2.35. The minimum atomic E-state index is 0.0297. The predicted molar refractivity (Wildman–Crippen MR) is 96.7 cm³/mol. The van der Waals surface area contributed by atoms with Gasteiger partial charge in [-0.1, -0.05) is 19.3 Å². The van der Waals surface area contributed by atoms with E-state index in [0.29, 0.717) is 44.1 Å². The SMILES string of the molecule is COc1ccc(C(=O)N2CCN(C(=O)CC3CCCCC3)CC2)cc1. The van der Waals surface area contributed by atoms with Crippen molar-refractivity contribution in [3.05, 3.63) is 29.8 Å². The number of benzene rings is 1. The largest absolute Gasteiger partial charge is 0.497 e. The minimum absolute atomic E-state index is 0.0297. The Kier molecular flexibility index (Phi) is 5.95. The summed E-state index contributed by atoms with van der Waals surface area (Å²) in [5.74, 6) is 1.61. The van der Waals surface area contributed by atoms with Gasteiger partial charge in [-0.15, -0.1) is 0 Å². The zero-order valence-electron chi connectivity index (χ0n) is 15.1. The lowest BCUT2D eigenvalue weighted by Crippen LogP contribution is -2.50. The number of piperazine rings is 1. The van der Waals surface area contributed by atoms with Crippen molar-refractivity contribution in [2.45, 2.75) is 38.5 Å². The fraction of sp³-hybridized carbons (Fsp3) is 0.600. The summed E-state index contributed by atoms with van der Waals surface area (Å²) in [6.07, 6.45) is 6.93. The summed E-state index contributed by atoms with van der Waals surface area (Å²) < 4.78 is 5.13. The Labute approximate surface area is 149 Å². The van der Waals surface area contributed by atoms with Gasteiger partial charge in [0.15, 0.2) is 0 Å². The topological polar surface area (TPSA) is 49.9 Å². The number of methoxy groups -OCH3 is 1. The normalized spacial score (nSPS) is 18.9. The van der Waals surface area contributed by atoms with E-state index in [1.807, 2.05) is 9.80 Å². The molecule has 0 aromatic heterocycles. The molecule has 1 saturated heterocycles. The highest BCUT2D eigenvalue weighted by Crippen LogP contribution is 2.27. The third kappa shape index (κ3) is 4.53. The van der Waals surface area contributed by atoms with E-state index in [1.165, 1.54) is 32.1 Å². The van der Waals surface area contributed by atoms with E-state index in [1.54, 1.807) is 31.4 Å². The third-order valence-electron chi connectivity index (χ3n) is 5.44. The standard InChI is InChI=1S/C20H28N2O3/c1-25-18-9-7-17(8-10-18)20(24)22-13-11-21(12-14-22)19(23)15-16-5-3-2-4-6-16/h7-10,16H,2-6,11-15H2,1H3. The quantitative estimate of drug-likeness (QED) is 0.844. The molecule has 0 spiro atoms. The van der Waals surface area contributed by atoms with Gasteiger partial charge in [-0.05, 0) is 43.0 Å². The van der Waals surface area contributed by atoms with Crippen LogP contribution in [0.3, 0.4) is 0 Å². The van der Waals surface area contributed by atoms with Crippen LogP contribution < -0.4 is 4.74 Å². The second kappa shape index (κ2) is 8.37. The van der Waals surface area contributed by atoms with Crippen molar-refractivity contribution in [2.75, 3.05) is 33.3 Å². The van der Waals surface area contributed by atoms with E-state index in [2.05, 4.69) is 0 Å². The molecule has 2 aliphatic rings. The molecule has 0 radical (unpaired) electrons. The monoisotopic (exact) mass is 344 g/mol. The van der Waals surface area contributed by atoms with Crippen molar-refractivity contribution in [3.8, 4) is 5.75 Å². The number of rotatable bonds is 4. The van der Waals surface area contributed by atoms with E-state index < -0.39 is 0 Å². The molecule has 0 atom stereocenters. The van der Waals surface area contributed by atoms with Crippen molar-refractivity contribution in [3.63, 3.8) is 0 Å². The molecule has 2 amide bonds. The van der Waals surface area contributed by atoms with Crippen molar-refractivity contribution >= 4 is 11.8 Å². The Hall–Kier alpha value is -2.04. The molecule has 0 N–H and O–H groups in total. The lowest BCUT2D eigenvalue weighted by molar-refractivity contribution is -0.133. The second-order valence-electron chi connectivity index (χ2n) is 7.11. The van der Waals surface area contributed by atoms with Gasteiger partial charge in [0.1, 0.15) is 5.75 Å². The maximum absolute atomic E-state index is 12.6. The second-order valence-corrected chi connectivity index (χ2v) is 7.11. The Bertz CT molecular complexity index is 585. The number of carbonyl (C=O) groups is 2. The fourth-order valence-electron chi connectivity index (χ4n) is 3.84. The van der Waals surface area contributed by atoms with Crippen LogP contribution in [-0.2, 0) is 4.79 Å². The van der Waals surface area contributed by atoms with Crippen molar-refractivity contribution < 1.29 is 14.3 Å². The maximum Gasteiger partial charge on any atom is 0.253 e. The average Bonchev–Trinajstić information content (AvgIpc) is 2.68. The Morgan fingerprint density at radius 2 is 1.56 bits per heavy atom. The van der Waals surface area contributed by atoms with E-state index in [4.69, 9.17) is 4.74 Å². The number of hydrogen-bond donors (Lipinski definition) is 0. The van der Waals surface area contributed by atoms with Crippen LogP contribution in [0, 0.1) is 5.92 Å². The molecule has 3 rings (SSSR count). The van der Waals surface area contributed by atoms with Crippen LogP contribution in [0.25, 0.3) is 0 Å². The predicted octanol–water partition coefficient (Wildman–Crippen LogP) is 2.95. The van der Waals surface area contributed by atoms with Crippen molar-refractivity contribution in [2.24, 2.45) is 5.92 Å². The van der Waals surface area contributed by atoms with Gasteiger partial charge in [-0.3, -0.25) is 9.59 Å². The summed E-state index contributed by atoms with van der Waals surface area (Å²) >= 11 is 0. The summed E-state index contributed by atoms with van der Waals surface area (Å²) in [6.45, 7) is 2.52. The number of carbonyl (C=O) groups excluding carboxylic acids is 2. The number of hydrogen-bond acceptors (Lipinski definition) is 3. The van der Waals surface area contributed by atoms with Gasteiger partial charge < -0.3 is 14.5 Å². The highest BCUT2D eigenvalue weighted by Gasteiger charge is 2.26. The Morgan fingerprint density at radius 3 is 2.16 bits per heavy atom. The van der Waals surface area contributed by atoms with Crippen LogP contribution in [-0.4, -0.2) is 54.9 Å². The van der Waals surface area contributed by atoms with Gasteiger partial charge in [-0.2, -0.15) is 0 Å². The number of nitrogens with zero attached hydrogens (tertiary/aromatic N) is 2. The lowest BCUT2D eigenvalue weighted by atomic mass is 9.86. The molecule has 5 heteroatoms. The van der Waals surface area contributed by atoms with Crippen LogP contribution in [0.1, 0.15) is 48.9 Å². The molecule has 0 unspecified atom stereocenters. The third-order valence-corrected chi connectivity index (χ3v) is 5.44. The molecule has 1 heterocycles. The molecule has 136 valence electrons. The van der Waals surface area contributed by atoms with Gasteiger partial charge in [0.05, 0.1) is 7.11 Å². The molecule has 5 nitrogen and oxygen atoms in total. The molecule has 1 aliphatic carbocycles. The average molecular weight is 344 g/mol. The highest BCUT2D eigenvalue weighted by molar-refractivity contribution is 5.94. The molecule has 1 aromatic rings. The molecule has 0 bridgehead atoms. The van der Waals surface area contributed by atoms with Crippen LogP contribution in [0.2, 0.25) is 0 Å². The first-order chi connectivity index (χ1) is 12.2. The molecule has 1 aliphatic heterocycles. The zero-order valence-corrected chi connectivity index (χ0v) is 15.1. The van der Waals surface area contributed by atoms with Crippen LogP contribution in [0.4, 0.5) is 0 Å². The van der Waals surface area contributed by atoms with E-state index in [0.717, 1.165) is 5.75 Å². The fourth-order valence-corrected chi connectivity index (χ4v) is 3.84. The molecular weight excluding hydrogens is 316 g/mol. The maximum atomic E-state index is 12.6. The smallest absolute Gasteiger partial charge is 0.253 e. The first kappa shape index (κ1) is 17.8. The summed E-state index contributed by atoms with van der Waals surface area (Å²) in [5, 5.41) is 0. The van der Waals surface area contributed by atoms with E-state index in [9.17, 15) is 9.59 Å². The van der Waals surface area contributed by atoms with Crippen LogP contribution >= 0.6 is 0 Å². The summed E-state index contributed by atoms with van der Waals surface area (Å²) in [6, 6.07) is 7.19. The molecule has 1 saturated carbocycles. The number of ether oxygens (including phenoxy) is 1. The molecule has 1 aromatic carbocycles. The van der Waals surface area contributed by atoms with Crippen LogP contribution in [0.15, 0.2) is 24.3 Å². The van der Waals surface area contributed by atoms with E-state index in [-0.39, 0.29) is 11.8 Å².